The number of quaternary nitrogens is 4. The first-order valence-corrected chi connectivity index (χ1v) is 34.1. The Kier molecular flexibility index (Phi) is 40.4. The zero-order valence-electron chi connectivity index (χ0n) is 59.6. The van der Waals surface area contributed by atoms with E-state index in [-0.39, 0.29) is 83.8 Å². The second kappa shape index (κ2) is 46.1. The van der Waals surface area contributed by atoms with Crippen molar-refractivity contribution in [2.24, 2.45) is 61.9 Å². The Hall–Kier alpha value is -7.34. The predicted octanol–water partition coefficient (Wildman–Crippen LogP) is -8.73. The minimum Gasteiger partial charge on any atom is -1.00 e. The van der Waals surface area contributed by atoms with Crippen molar-refractivity contribution in [1.82, 2.24) is 0 Å². The molecule has 6 aliphatic carbocycles. The van der Waals surface area contributed by atoms with E-state index in [9.17, 15) is 0 Å². The molecule has 4 aromatic rings. The second-order valence-corrected chi connectivity index (χ2v) is 24.5. The number of nitrogens with zero attached hydrogens (tertiary/aromatic N) is 12. The van der Waals surface area contributed by atoms with Crippen LogP contribution in [-0.4, -0.2) is 144 Å². The molecule has 0 unspecified atom stereocenters. The van der Waals surface area contributed by atoms with Gasteiger partial charge in [0.05, 0.1) is 68.5 Å². The van der Waals surface area contributed by atoms with Crippen molar-refractivity contribution >= 4 is 140 Å². The van der Waals surface area contributed by atoms with E-state index in [0.29, 0.717) is 167 Å². The number of hydrogen-bond acceptors (Lipinski definition) is 28. The average molecular weight is 1640 g/mol. The van der Waals surface area contributed by atoms with Crippen molar-refractivity contribution in [3.63, 3.8) is 0 Å². The third-order valence-corrected chi connectivity index (χ3v) is 17.6. The molecule has 12 aliphatic rings. The summed E-state index contributed by atoms with van der Waals surface area (Å²) < 4.78 is 76.0. The van der Waals surface area contributed by atoms with E-state index in [2.05, 4.69) is 84.8 Å². The maximum atomic E-state index is 7.00. The molecule has 32 nitrogen and oxygen atoms in total. The zero-order chi connectivity index (χ0) is 70.8. The molecule has 0 saturated heterocycles. The van der Waals surface area contributed by atoms with E-state index < -0.39 is 27.0 Å². The van der Waals surface area contributed by atoms with Crippen LogP contribution < -0.4 is 94.4 Å². The number of oxime groups is 12. The number of aliphatic hydroxyl groups is 4. The first kappa shape index (κ1) is 92.9. The number of rotatable bonds is 4. The summed E-state index contributed by atoms with van der Waals surface area (Å²) in [5, 5.41) is 83.3. The summed E-state index contributed by atoms with van der Waals surface area (Å²) in [5.74, 6) is 0. The Morgan fingerprint density at radius 2 is 0.302 bits per heavy atom. The summed E-state index contributed by atoms with van der Waals surface area (Å²) in [6.07, 6.45) is 17.8. The molecule has 6 heterocycles. The number of benzene rings is 4. The molecule has 4 aromatic carbocycles. The number of aliphatic hydroxyl groups excluding tert-OH is 4. The predicted molar refractivity (Wildman–Crippen MR) is 383 cm³/mol. The second-order valence-electron chi connectivity index (χ2n) is 24.5. The van der Waals surface area contributed by atoms with Crippen LogP contribution in [0.5, 0.6) is 0 Å². The van der Waals surface area contributed by atoms with E-state index in [1.807, 2.05) is 97.1 Å². The first-order chi connectivity index (χ1) is 49.0. The van der Waals surface area contributed by atoms with Gasteiger partial charge in [0.25, 0.3) is 0 Å². The van der Waals surface area contributed by atoms with Crippen LogP contribution in [0.25, 0.3) is 0 Å². The van der Waals surface area contributed by atoms with Gasteiger partial charge < -0.3 is 150 Å². The molecule has 0 aromatic heterocycles. The third-order valence-electron chi connectivity index (χ3n) is 17.6. The molecule has 0 atom stereocenters. The van der Waals surface area contributed by atoms with Gasteiger partial charge in [-0.1, -0.05) is 70.4 Å². The van der Waals surface area contributed by atoms with E-state index in [1.165, 1.54) is 0 Å². The van der Waals surface area contributed by atoms with Crippen molar-refractivity contribution in [3.05, 3.63) is 97.1 Å². The molecule has 16 rings (SSSR count). The Bertz CT molecular complexity index is 3100. The smallest absolute Gasteiger partial charge is 1.00 e. The van der Waals surface area contributed by atoms with Gasteiger partial charge in [0.1, 0.15) is 22.7 Å². The normalized spacial score (nSPS) is 29.2. The van der Waals surface area contributed by atoms with E-state index in [4.69, 9.17) is 77.5 Å². The summed E-state index contributed by atoms with van der Waals surface area (Å²) in [5.41, 5.74) is 28.5. The minimum atomic E-state index is -2.90. The standard InChI is InChI=1S/2C30H36B2N8O6.4CH4O.4ClH.2Fe/c2*33-23-17-13-21(14-18-23)31-41-35-25-7-1-2-8-26(25)36-42-32(22-15-19-24(34)20-16-22,45-39-29-11-5-3-9-27(29)37-43-31)46-40-30-12-6-4-10-28(30)38-44-31;4*1-2;;;;;;/h2*13-20H,1-12,33-34H2;4*2H,1H3;4*1H;;/q2*-2;;;;;;;;;2*+2/b2*35-25+,36-26+,37-27+,38-28+,39-29+,40-30+;;;;;;;;;;. The van der Waals surface area contributed by atoms with Crippen LogP contribution in [0.4, 0.5) is 22.7 Å². The summed E-state index contributed by atoms with van der Waals surface area (Å²) in [4.78, 5) is 0. The van der Waals surface area contributed by atoms with Gasteiger partial charge in [0.15, 0.2) is 0 Å². The Labute approximate surface area is 661 Å². The maximum Gasteiger partial charge on any atom is 2.00 e. The average Bonchev–Trinajstić information content (AvgIpc) is 0.795. The van der Waals surface area contributed by atoms with Gasteiger partial charge in [0, 0.05) is 28.4 Å². The largest absolute Gasteiger partial charge is 2.00 e. The number of halogens is 4. The Morgan fingerprint density at radius 1 is 0.208 bits per heavy atom. The zero-order valence-corrected chi connectivity index (χ0v) is 64.9. The SMILES string of the molecule is CO.CO.CO.CO.[Cl-].[Cl-].[Cl-].[Cl-].[Fe+2].[Fe+2].[NH3+]c1ccc([B-]23O/N=C4\CCCC\C4=N/O[B-](c4ccc([NH3+])cc4)(O/N=C4\CCCC\C4=N/O2)O/N=C2\CCCC\C2=N/O3)cc1.[NH3+]c1ccc([B-]23O/N=C4\CCCC\C4=N/O[B-](c4ccc([NH3+])cc4)(O/N=C4\CCCC\C4=N/O2)O/N=C2\CCCC\C2=N/O3)cc1. The molecule has 0 amide bonds. The van der Waals surface area contributed by atoms with Gasteiger partial charge in [-0.3, -0.25) is 0 Å². The van der Waals surface area contributed by atoms with Crippen LogP contribution in [0, 0.1) is 0 Å². The summed E-state index contributed by atoms with van der Waals surface area (Å²) >= 11 is 0. The van der Waals surface area contributed by atoms with Crippen LogP contribution in [0.2, 0.25) is 0 Å². The monoisotopic (exact) mass is 1640 g/mol. The van der Waals surface area contributed by atoms with Crippen molar-refractivity contribution in [2.45, 2.75) is 154 Å². The molecule has 0 radical (unpaired) electrons. The molecule has 6 fully saturated rings. The molecule has 42 heteroatoms. The van der Waals surface area contributed by atoms with E-state index in [0.717, 1.165) is 128 Å². The molecule has 6 aliphatic heterocycles. The van der Waals surface area contributed by atoms with E-state index >= 15 is 0 Å². The molecule has 4 bridgehead atoms. The molecule has 0 spiro atoms. The fourth-order valence-electron chi connectivity index (χ4n) is 12.0. The minimum absolute atomic E-state index is 0. The van der Waals surface area contributed by atoms with Gasteiger partial charge in [-0.25, -0.2) is 0 Å². The molecular weight excluding hydrogens is 1550 g/mol. The van der Waals surface area contributed by atoms with E-state index in [1.54, 1.807) is 0 Å². The van der Waals surface area contributed by atoms with Crippen molar-refractivity contribution < 1.29 is 184 Å². The number of hydrogen-bond donors (Lipinski definition) is 8. The van der Waals surface area contributed by atoms with Crippen molar-refractivity contribution in [2.75, 3.05) is 28.4 Å². The van der Waals surface area contributed by atoms with Crippen molar-refractivity contribution in [1.29, 1.82) is 0 Å². The molecule has 6 saturated carbocycles. The van der Waals surface area contributed by atoms with Crippen molar-refractivity contribution in [3.8, 4) is 0 Å². The summed E-state index contributed by atoms with van der Waals surface area (Å²) in [6.45, 7) is -11.6. The van der Waals surface area contributed by atoms with Gasteiger partial charge in [-0.15, -0.1) is 61.9 Å². The summed E-state index contributed by atoms with van der Waals surface area (Å²) in [6, 6.07) is 29.3. The van der Waals surface area contributed by atoms with Gasteiger partial charge >= 0.3 is 61.2 Å². The molecule has 106 heavy (non-hydrogen) atoms. The fourth-order valence-corrected chi connectivity index (χ4v) is 12.0. The fraction of sp³-hybridized carbons (Fsp3) is 0.438. The van der Waals surface area contributed by atoms with Crippen LogP contribution in [0.1, 0.15) is 154 Å². The number of fused-ring (bicyclic) bond motifs is 12. The maximum absolute atomic E-state index is 7.00. The molecule has 580 valence electrons. The van der Waals surface area contributed by atoms with Crippen LogP contribution in [0.3, 0.4) is 0 Å². The first-order valence-electron chi connectivity index (χ1n) is 34.1. The summed E-state index contributed by atoms with van der Waals surface area (Å²) in [7, 11) is 4.00. The molecular formula is C64H92B4Cl4Fe2N16O16. The molecule has 16 N–H and O–H groups in total. The van der Waals surface area contributed by atoms with Crippen LogP contribution in [-0.2, 0) is 91.2 Å². The Balaban J connectivity index is 0.000000478. The third kappa shape index (κ3) is 23.3. The van der Waals surface area contributed by atoms with Gasteiger partial charge in [-0.05, 0) is 203 Å². The van der Waals surface area contributed by atoms with Gasteiger partial charge in [-0.2, -0.15) is 0 Å². The quantitative estimate of drug-likeness (QED) is 0.0880. The van der Waals surface area contributed by atoms with Crippen LogP contribution >= 0.6 is 0 Å². The van der Waals surface area contributed by atoms with Gasteiger partial charge in [0.2, 0.25) is 0 Å². The van der Waals surface area contributed by atoms with Crippen LogP contribution in [0.15, 0.2) is 159 Å². The topological polar surface area (TPSA) is 451 Å². The Morgan fingerprint density at radius 3 is 0.396 bits per heavy atom.